The Morgan fingerprint density at radius 2 is 2.26 bits per heavy atom. The molecule has 1 N–H and O–H groups in total. The van der Waals surface area contributed by atoms with Crippen LogP contribution in [0, 0.1) is 0 Å². The van der Waals surface area contributed by atoms with Gasteiger partial charge in [-0.2, -0.15) is 5.10 Å². The number of benzene rings is 1. The molecule has 0 atom stereocenters. The van der Waals surface area contributed by atoms with E-state index in [2.05, 4.69) is 42.5 Å². The first-order chi connectivity index (χ1) is 9.03. The van der Waals surface area contributed by atoms with Crippen LogP contribution in [0.15, 0.2) is 30.6 Å². The van der Waals surface area contributed by atoms with Gasteiger partial charge in [-0.05, 0) is 19.4 Å². The third-order valence-corrected chi connectivity index (χ3v) is 3.36. The van der Waals surface area contributed by atoms with Crippen LogP contribution < -0.4 is 10.1 Å². The van der Waals surface area contributed by atoms with Gasteiger partial charge in [0.2, 0.25) is 0 Å². The van der Waals surface area contributed by atoms with Crippen molar-refractivity contribution in [1.82, 2.24) is 9.78 Å². The SMILES string of the molecule is Cn1cc(NCc2cccc3c2OC(C)(C)C3)cn1. The molecule has 2 heterocycles. The molecule has 0 aliphatic carbocycles. The molecule has 1 aromatic carbocycles. The van der Waals surface area contributed by atoms with Crippen LogP contribution in [-0.4, -0.2) is 15.4 Å². The first kappa shape index (κ1) is 12.1. The molecule has 0 bridgehead atoms. The highest BCUT2D eigenvalue weighted by atomic mass is 16.5. The third-order valence-electron chi connectivity index (χ3n) is 3.36. The van der Waals surface area contributed by atoms with Gasteiger partial charge in [0.25, 0.3) is 0 Å². The summed E-state index contributed by atoms with van der Waals surface area (Å²) in [7, 11) is 1.91. The lowest BCUT2D eigenvalue weighted by molar-refractivity contribution is 0.137. The number of ether oxygens (including phenoxy) is 1. The Kier molecular flexibility index (Phi) is 2.73. The van der Waals surface area contributed by atoms with Gasteiger partial charge in [-0.15, -0.1) is 0 Å². The van der Waals surface area contributed by atoms with Gasteiger partial charge in [0, 0.05) is 31.8 Å². The second kappa shape index (κ2) is 4.30. The van der Waals surface area contributed by atoms with Crippen LogP contribution in [0.25, 0.3) is 0 Å². The molecular weight excluding hydrogens is 238 g/mol. The average Bonchev–Trinajstić information content (AvgIpc) is 2.88. The zero-order valence-corrected chi connectivity index (χ0v) is 11.6. The van der Waals surface area contributed by atoms with Gasteiger partial charge in [0.05, 0.1) is 11.9 Å². The van der Waals surface area contributed by atoms with E-state index >= 15 is 0 Å². The molecule has 0 saturated heterocycles. The Bertz CT molecular complexity index is 601. The van der Waals surface area contributed by atoms with E-state index in [1.165, 1.54) is 11.1 Å². The summed E-state index contributed by atoms with van der Waals surface area (Å²) in [6.45, 7) is 5.02. The van der Waals surface area contributed by atoms with Crippen molar-refractivity contribution in [3.05, 3.63) is 41.7 Å². The van der Waals surface area contributed by atoms with Crippen LogP contribution in [-0.2, 0) is 20.0 Å². The summed E-state index contributed by atoms with van der Waals surface area (Å²) in [5.41, 5.74) is 3.44. The number of aromatic nitrogens is 2. The molecule has 0 unspecified atom stereocenters. The van der Waals surface area contributed by atoms with E-state index in [0.29, 0.717) is 0 Å². The van der Waals surface area contributed by atoms with Crippen molar-refractivity contribution >= 4 is 5.69 Å². The van der Waals surface area contributed by atoms with Crippen molar-refractivity contribution in [1.29, 1.82) is 0 Å². The molecule has 19 heavy (non-hydrogen) atoms. The number of hydrogen-bond acceptors (Lipinski definition) is 3. The van der Waals surface area contributed by atoms with Crippen LogP contribution in [0.5, 0.6) is 5.75 Å². The molecule has 1 aliphatic heterocycles. The first-order valence-electron chi connectivity index (χ1n) is 6.56. The van der Waals surface area contributed by atoms with Crippen LogP contribution in [0.2, 0.25) is 0 Å². The molecular formula is C15H19N3O. The Morgan fingerprint density at radius 3 is 3.00 bits per heavy atom. The maximum atomic E-state index is 6.06. The van der Waals surface area contributed by atoms with Crippen LogP contribution in [0.3, 0.4) is 0 Å². The highest BCUT2D eigenvalue weighted by Gasteiger charge is 2.31. The van der Waals surface area contributed by atoms with Gasteiger partial charge in [0.15, 0.2) is 0 Å². The standard InChI is InChI=1S/C15H19N3O/c1-15(2)7-11-5-4-6-12(14(11)19-15)8-16-13-9-17-18(3)10-13/h4-6,9-10,16H,7-8H2,1-3H3. The Hall–Kier alpha value is -1.97. The minimum atomic E-state index is -0.0905. The fourth-order valence-electron chi connectivity index (χ4n) is 2.53. The normalized spacial score (nSPS) is 15.9. The van der Waals surface area contributed by atoms with Gasteiger partial charge >= 0.3 is 0 Å². The maximum Gasteiger partial charge on any atom is 0.128 e. The maximum absolute atomic E-state index is 6.06. The highest BCUT2D eigenvalue weighted by molar-refractivity contribution is 5.48. The number of aryl methyl sites for hydroxylation is 1. The summed E-state index contributed by atoms with van der Waals surface area (Å²) in [4.78, 5) is 0. The van der Waals surface area contributed by atoms with Gasteiger partial charge < -0.3 is 10.1 Å². The smallest absolute Gasteiger partial charge is 0.128 e. The zero-order chi connectivity index (χ0) is 13.5. The van der Waals surface area contributed by atoms with E-state index in [4.69, 9.17) is 4.74 Å². The second-order valence-corrected chi connectivity index (χ2v) is 5.70. The lowest BCUT2D eigenvalue weighted by Crippen LogP contribution is -2.25. The Balaban J connectivity index is 1.78. The monoisotopic (exact) mass is 257 g/mol. The van der Waals surface area contributed by atoms with Crippen molar-refractivity contribution in [3.8, 4) is 5.75 Å². The molecule has 100 valence electrons. The Labute approximate surface area is 113 Å². The largest absolute Gasteiger partial charge is 0.487 e. The van der Waals surface area contributed by atoms with E-state index in [9.17, 15) is 0 Å². The molecule has 1 aromatic heterocycles. The summed E-state index contributed by atoms with van der Waals surface area (Å²) < 4.78 is 7.85. The minimum Gasteiger partial charge on any atom is -0.487 e. The van der Waals surface area contributed by atoms with Crippen molar-refractivity contribution in [3.63, 3.8) is 0 Å². The lowest BCUT2D eigenvalue weighted by atomic mass is 10.0. The van der Waals surface area contributed by atoms with Crippen molar-refractivity contribution in [2.45, 2.75) is 32.4 Å². The average molecular weight is 257 g/mol. The van der Waals surface area contributed by atoms with Gasteiger partial charge in [-0.25, -0.2) is 0 Å². The van der Waals surface area contributed by atoms with Gasteiger partial charge in [0.1, 0.15) is 11.4 Å². The third kappa shape index (κ3) is 2.43. The lowest BCUT2D eigenvalue weighted by Gasteiger charge is -2.18. The number of para-hydroxylation sites is 1. The summed E-state index contributed by atoms with van der Waals surface area (Å²) >= 11 is 0. The predicted octanol–water partition coefficient (Wildman–Crippen LogP) is 2.75. The predicted molar refractivity (Wildman–Crippen MR) is 75.4 cm³/mol. The second-order valence-electron chi connectivity index (χ2n) is 5.70. The highest BCUT2D eigenvalue weighted by Crippen LogP contribution is 2.37. The number of nitrogens with one attached hydrogen (secondary N) is 1. The molecule has 4 heteroatoms. The summed E-state index contributed by atoms with van der Waals surface area (Å²) in [5.74, 6) is 1.05. The number of hydrogen-bond donors (Lipinski definition) is 1. The molecule has 0 radical (unpaired) electrons. The van der Waals surface area contributed by atoms with Gasteiger partial charge in [-0.3, -0.25) is 4.68 Å². The van der Waals surface area contributed by atoms with Crippen molar-refractivity contribution in [2.75, 3.05) is 5.32 Å². The summed E-state index contributed by atoms with van der Waals surface area (Å²) in [6, 6.07) is 6.37. The van der Waals surface area contributed by atoms with Crippen LogP contribution >= 0.6 is 0 Å². The van der Waals surface area contributed by atoms with Crippen LogP contribution in [0.4, 0.5) is 5.69 Å². The van der Waals surface area contributed by atoms with E-state index < -0.39 is 0 Å². The van der Waals surface area contributed by atoms with E-state index in [-0.39, 0.29) is 5.60 Å². The van der Waals surface area contributed by atoms with Crippen LogP contribution in [0.1, 0.15) is 25.0 Å². The number of nitrogens with zero attached hydrogens (tertiary/aromatic N) is 2. The Morgan fingerprint density at radius 1 is 1.42 bits per heavy atom. The zero-order valence-electron chi connectivity index (χ0n) is 11.6. The topological polar surface area (TPSA) is 39.1 Å². The molecule has 1 aliphatic rings. The molecule has 2 aromatic rings. The van der Waals surface area contributed by atoms with E-state index in [1.807, 2.05) is 19.4 Å². The fourth-order valence-corrected chi connectivity index (χ4v) is 2.53. The number of rotatable bonds is 3. The van der Waals surface area contributed by atoms with E-state index in [1.54, 1.807) is 4.68 Å². The number of anilines is 1. The summed E-state index contributed by atoms with van der Waals surface area (Å²) in [6.07, 6.45) is 4.77. The van der Waals surface area contributed by atoms with Gasteiger partial charge in [-0.1, -0.05) is 18.2 Å². The van der Waals surface area contributed by atoms with Crippen molar-refractivity contribution < 1.29 is 4.74 Å². The summed E-state index contributed by atoms with van der Waals surface area (Å²) in [5, 5.41) is 7.52. The number of fused-ring (bicyclic) bond motifs is 1. The molecule has 4 nitrogen and oxygen atoms in total. The molecule has 0 amide bonds. The molecule has 0 saturated carbocycles. The van der Waals surface area contributed by atoms with Crippen molar-refractivity contribution in [2.24, 2.45) is 7.05 Å². The minimum absolute atomic E-state index is 0.0905. The van der Waals surface area contributed by atoms with E-state index in [0.717, 1.165) is 24.4 Å². The molecule has 3 rings (SSSR count). The quantitative estimate of drug-likeness (QED) is 0.919. The molecule has 0 fully saturated rings. The fraction of sp³-hybridized carbons (Fsp3) is 0.400. The molecule has 0 spiro atoms. The first-order valence-corrected chi connectivity index (χ1v) is 6.56.